The van der Waals surface area contributed by atoms with Crippen molar-refractivity contribution in [3.8, 4) is 16.9 Å². The van der Waals surface area contributed by atoms with Crippen molar-refractivity contribution in [2.75, 3.05) is 13.6 Å². The highest BCUT2D eigenvalue weighted by molar-refractivity contribution is 5.89. The van der Waals surface area contributed by atoms with Crippen molar-refractivity contribution in [1.82, 2.24) is 19.6 Å². The molecule has 1 atom stereocenters. The lowest BCUT2D eigenvalue weighted by molar-refractivity contribution is -0.135. The first-order valence-corrected chi connectivity index (χ1v) is 11.3. The molecule has 0 radical (unpaired) electrons. The lowest BCUT2D eigenvalue weighted by atomic mass is 10.1. The summed E-state index contributed by atoms with van der Waals surface area (Å²) < 4.78 is 7.21. The van der Waals surface area contributed by atoms with Crippen LogP contribution in [0, 0.1) is 5.92 Å². The largest absolute Gasteiger partial charge is 0.467 e. The van der Waals surface area contributed by atoms with E-state index in [1.54, 1.807) is 29.2 Å². The molecule has 1 aliphatic heterocycles. The van der Waals surface area contributed by atoms with E-state index in [2.05, 4.69) is 0 Å². The van der Waals surface area contributed by atoms with Gasteiger partial charge in [0.25, 0.3) is 0 Å². The number of hydrogen-bond acceptors (Lipinski definition) is 4. The number of para-hydroxylation sites is 1. The van der Waals surface area contributed by atoms with Crippen LogP contribution < -0.4 is 0 Å². The molecule has 2 amide bonds. The molecule has 0 saturated carbocycles. The number of benzene rings is 2. The van der Waals surface area contributed by atoms with E-state index in [4.69, 9.17) is 9.52 Å². The molecule has 0 unspecified atom stereocenters. The Labute approximate surface area is 198 Å². The highest BCUT2D eigenvalue weighted by Crippen LogP contribution is 2.27. The van der Waals surface area contributed by atoms with Crippen LogP contribution >= 0.6 is 0 Å². The van der Waals surface area contributed by atoms with E-state index < -0.39 is 0 Å². The summed E-state index contributed by atoms with van der Waals surface area (Å²) in [5.41, 5.74) is 3.73. The number of hydrogen-bond donors (Lipinski definition) is 0. The van der Waals surface area contributed by atoms with Gasteiger partial charge in [-0.3, -0.25) is 9.59 Å². The normalized spacial score (nSPS) is 15.6. The van der Waals surface area contributed by atoms with E-state index in [1.165, 1.54) is 0 Å². The monoisotopic (exact) mass is 454 g/mol. The van der Waals surface area contributed by atoms with Crippen LogP contribution in [0.5, 0.6) is 0 Å². The standard InChI is InChI=1S/C27H26N4O3/c1-29(27(33)21-15-25(32)30(17-21)19-24-13-8-14-34-24)16-22-18-31(23-11-6-3-7-12-23)28-26(22)20-9-4-2-5-10-20/h2-14,18,21H,15-17,19H2,1H3/t21-/m0/s1. The Bertz CT molecular complexity index is 1270. The van der Waals surface area contributed by atoms with Crippen molar-refractivity contribution in [2.45, 2.75) is 19.5 Å². The van der Waals surface area contributed by atoms with Gasteiger partial charge in [0, 0.05) is 43.9 Å². The number of aromatic nitrogens is 2. The third kappa shape index (κ3) is 4.50. The summed E-state index contributed by atoms with van der Waals surface area (Å²) in [5.74, 6) is 0.291. The van der Waals surface area contributed by atoms with Crippen molar-refractivity contribution < 1.29 is 14.0 Å². The van der Waals surface area contributed by atoms with Gasteiger partial charge in [0.1, 0.15) is 5.76 Å². The molecule has 0 bridgehead atoms. The molecule has 2 aromatic heterocycles. The molecule has 2 aromatic carbocycles. The van der Waals surface area contributed by atoms with Gasteiger partial charge in [-0.15, -0.1) is 0 Å². The second-order valence-electron chi connectivity index (χ2n) is 8.60. The molecule has 172 valence electrons. The molecule has 0 aliphatic carbocycles. The Morgan fingerprint density at radius 3 is 2.50 bits per heavy atom. The third-order valence-electron chi connectivity index (χ3n) is 6.13. The maximum atomic E-state index is 13.3. The highest BCUT2D eigenvalue weighted by Gasteiger charge is 2.36. The molecule has 4 aromatic rings. The van der Waals surface area contributed by atoms with Crippen LogP contribution in [0.2, 0.25) is 0 Å². The maximum Gasteiger partial charge on any atom is 0.228 e. The van der Waals surface area contributed by atoms with E-state index in [1.807, 2.05) is 77.6 Å². The van der Waals surface area contributed by atoms with Crippen molar-refractivity contribution in [3.63, 3.8) is 0 Å². The second-order valence-corrected chi connectivity index (χ2v) is 8.60. The number of likely N-dealkylation sites (tertiary alicyclic amines) is 1. The lowest BCUT2D eigenvalue weighted by Crippen LogP contribution is -2.34. The minimum atomic E-state index is -0.364. The van der Waals surface area contributed by atoms with Crippen molar-refractivity contribution in [1.29, 1.82) is 0 Å². The van der Waals surface area contributed by atoms with E-state index in [0.29, 0.717) is 19.6 Å². The lowest BCUT2D eigenvalue weighted by Gasteiger charge is -2.21. The smallest absolute Gasteiger partial charge is 0.228 e. The van der Waals surface area contributed by atoms with Gasteiger partial charge >= 0.3 is 0 Å². The predicted octanol–water partition coefficient (Wildman–Crippen LogP) is 4.14. The van der Waals surface area contributed by atoms with Crippen LogP contribution in [-0.4, -0.2) is 45.0 Å². The van der Waals surface area contributed by atoms with Crippen LogP contribution in [0.1, 0.15) is 17.7 Å². The minimum absolute atomic E-state index is 0.0231. The van der Waals surface area contributed by atoms with E-state index in [0.717, 1.165) is 28.3 Å². The highest BCUT2D eigenvalue weighted by atomic mass is 16.3. The summed E-state index contributed by atoms with van der Waals surface area (Å²) >= 11 is 0. The summed E-state index contributed by atoms with van der Waals surface area (Å²) in [5, 5.41) is 4.83. The molecule has 1 saturated heterocycles. The molecular formula is C27H26N4O3. The summed E-state index contributed by atoms with van der Waals surface area (Å²) in [6.45, 7) is 1.19. The third-order valence-corrected chi connectivity index (χ3v) is 6.13. The first-order valence-electron chi connectivity index (χ1n) is 11.3. The fourth-order valence-corrected chi connectivity index (χ4v) is 4.40. The molecule has 0 spiro atoms. The summed E-state index contributed by atoms with van der Waals surface area (Å²) in [7, 11) is 1.79. The number of amides is 2. The SMILES string of the molecule is CN(Cc1cn(-c2ccccc2)nc1-c1ccccc1)C(=O)[C@H]1CC(=O)N(Cc2ccco2)C1. The molecule has 1 aliphatic rings. The van der Waals surface area contributed by atoms with Gasteiger partial charge in [-0.25, -0.2) is 4.68 Å². The number of carbonyl (C=O) groups excluding carboxylic acids is 2. The summed E-state index contributed by atoms with van der Waals surface area (Å²) in [6.07, 6.45) is 3.79. The Morgan fingerprint density at radius 1 is 1.06 bits per heavy atom. The van der Waals surface area contributed by atoms with Crippen LogP contribution in [0.4, 0.5) is 0 Å². The quantitative estimate of drug-likeness (QED) is 0.421. The van der Waals surface area contributed by atoms with Crippen molar-refractivity contribution in [2.24, 2.45) is 5.92 Å². The van der Waals surface area contributed by atoms with Gasteiger partial charge in [-0.05, 0) is 24.3 Å². The van der Waals surface area contributed by atoms with Crippen LogP contribution in [-0.2, 0) is 22.7 Å². The van der Waals surface area contributed by atoms with Gasteiger partial charge in [0.05, 0.1) is 30.1 Å². The molecule has 7 nitrogen and oxygen atoms in total. The van der Waals surface area contributed by atoms with Gasteiger partial charge in [-0.2, -0.15) is 5.10 Å². The van der Waals surface area contributed by atoms with Crippen molar-refractivity contribution >= 4 is 11.8 Å². The van der Waals surface area contributed by atoms with Gasteiger partial charge in [0.2, 0.25) is 11.8 Å². The van der Waals surface area contributed by atoms with Crippen molar-refractivity contribution in [3.05, 3.63) is 96.6 Å². The maximum absolute atomic E-state index is 13.3. The average Bonchev–Trinajstić information content (AvgIpc) is 3.61. The number of carbonyl (C=O) groups is 2. The summed E-state index contributed by atoms with van der Waals surface area (Å²) in [4.78, 5) is 29.2. The van der Waals surface area contributed by atoms with Crippen LogP contribution in [0.15, 0.2) is 89.7 Å². The van der Waals surface area contributed by atoms with Gasteiger partial charge in [-0.1, -0.05) is 48.5 Å². The Balaban J connectivity index is 1.34. The number of nitrogens with zero attached hydrogens (tertiary/aromatic N) is 4. The minimum Gasteiger partial charge on any atom is -0.467 e. The van der Waals surface area contributed by atoms with Crippen LogP contribution in [0.25, 0.3) is 16.9 Å². The fourth-order valence-electron chi connectivity index (χ4n) is 4.40. The topological polar surface area (TPSA) is 71.6 Å². The van der Waals surface area contributed by atoms with Gasteiger partial charge < -0.3 is 14.2 Å². The molecule has 3 heterocycles. The molecule has 7 heteroatoms. The Morgan fingerprint density at radius 2 is 1.79 bits per heavy atom. The van der Waals surface area contributed by atoms with Crippen LogP contribution in [0.3, 0.4) is 0 Å². The first kappa shape index (κ1) is 21.7. The Hall–Kier alpha value is -4.13. The first-order chi connectivity index (χ1) is 16.6. The average molecular weight is 455 g/mol. The zero-order valence-electron chi connectivity index (χ0n) is 19.0. The molecule has 5 rings (SSSR count). The van der Waals surface area contributed by atoms with E-state index in [-0.39, 0.29) is 24.2 Å². The molecule has 34 heavy (non-hydrogen) atoms. The fraction of sp³-hybridized carbons (Fsp3) is 0.222. The molecule has 1 fully saturated rings. The second kappa shape index (κ2) is 9.39. The zero-order chi connectivity index (χ0) is 23.5. The Kier molecular flexibility index (Phi) is 5.99. The van der Waals surface area contributed by atoms with E-state index in [9.17, 15) is 9.59 Å². The zero-order valence-corrected chi connectivity index (χ0v) is 19.0. The number of furan rings is 1. The molecule has 0 N–H and O–H groups in total. The van der Waals surface area contributed by atoms with Gasteiger partial charge in [0.15, 0.2) is 0 Å². The summed E-state index contributed by atoms with van der Waals surface area (Å²) in [6, 6.07) is 23.5. The van der Waals surface area contributed by atoms with E-state index >= 15 is 0 Å². The molecular weight excluding hydrogens is 428 g/mol. The number of rotatable bonds is 7. The predicted molar refractivity (Wildman–Crippen MR) is 128 cm³/mol.